The zero-order chi connectivity index (χ0) is 20.4. The van der Waals surface area contributed by atoms with Crippen LogP contribution in [0.1, 0.15) is 104 Å². The summed E-state index contributed by atoms with van der Waals surface area (Å²) in [6.07, 6.45) is 21.1. The van der Waals surface area contributed by atoms with Crippen molar-refractivity contribution in [3.05, 3.63) is 12.2 Å². The van der Waals surface area contributed by atoms with Crippen LogP contribution >= 0.6 is 0 Å². The molecule has 0 aliphatic heterocycles. The molecule has 0 saturated heterocycles. The first kappa shape index (κ1) is 26.2. The molecule has 0 unspecified atom stereocenters. The van der Waals surface area contributed by atoms with Crippen LogP contribution in [-0.2, 0) is 19.4 Å². The van der Waals surface area contributed by atoms with Crippen molar-refractivity contribution in [3.63, 3.8) is 0 Å². The van der Waals surface area contributed by atoms with Gasteiger partial charge in [0.1, 0.15) is 9.84 Å². The van der Waals surface area contributed by atoms with E-state index in [2.05, 4.69) is 12.2 Å². The lowest BCUT2D eigenvalue weighted by Gasteiger charge is -2.07. The van der Waals surface area contributed by atoms with Crippen LogP contribution < -0.4 is 0 Å². The number of ether oxygens (including phenoxy) is 1. The molecule has 0 fully saturated rings. The van der Waals surface area contributed by atoms with Crippen LogP contribution in [0.25, 0.3) is 0 Å². The van der Waals surface area contributed by atoms with Gasteiger partial charge in [-0.1, -0.05) is 57.1 Å². The Morgan fingerprint density at radius 3 is 1.70 bits per heavy atom. The Morgan fingerprint density at radius 2 is 1.22 bits per heavy atom. The van der Waals surface area contributed by atoms with Crippen molar-refractivity contribution in [1.29, 1.82) is 0 Å². The second-order valence-corrected chi connectivity index (χ2v) is 10.1. The maximum Gasteiger partial charge on any atom is 0.306 e. The molecule has 5 heteroatoms. The third-order valence-corrected chi connectivity index (χ3v) is 5.45. The van der Waals surface area contributed by atoms with E-state index in [0.717, 1.165) is 44.9 Å². The Hall–Kier alpha value is -0.840. The van der Waals surface area contributed by atoms with Gasteiger partial charge in [0, 0.05) is 18.4 Å². The van der Waals surface area contributed by atoms with E-state index >= 15 is 0 Å². The predicted molar refractivity (Wildman–Crippen MR) is 115 cm³/mol. The smallest absolute Gasteiger partial charge is 0.306 e. The fourth-order valence-corrected chi connectivity index (χ4v) is 3.68. The maximum atomic E-state index is 11.4. The summed E-state index contributed by atoms with van der Waals surface area (Å²) in [5.41, 5.74) is 0. The third-order valence-electron chi connectivity index (χ3n) is 4.42. The quantitative estimate of drug-likeness (QED) is 0.160. The van der Waals surface area contributed by atoms with Crippen molar-refractivity contribution >= 4 is 15.8 Å². The Labute approximate surface area is 168 Å². The highest BCUT2D eigenvalue weighted by molar-refractivity contribution is 7.90. The minimum Gasteiger partial charge on any atom is -0.463 e. The van der Waals surface area contributed by atoms with Crippen molar-refractivity contribution in [3.8, 4) is 0 Å². The Kier molecular flexibility index (Phi) is 16.7. The van der Waals surface area contributed by atoms with E-state index in [1.54, 1.807) is 0 Å². The molecule has 4 nitrogen and oxygen atoms in total. The molecule has 0 saturated carbocycles. The minimum atomic E-state index is -2.78. The molecule has 0 aliphatic carbocycles. The van der Waals surface area contributed by atoms with Gasteiger partial charge in [-0.15, -0.1) is 0 Å². The van der Waals surface area contributed by atoms with Crippen molar-refractivity contribution in [2.45, 2.75) is 110 Å². The van der Waals surface area contributed by atoms with Crippen LogP contribution in [-0.4, -0.2) is 32.5 Å². The first-order valence-corrected chi connectivity index (χ1v) is 12.9. The van der Waals surface area contributed by atoms with E-state index < -0.39 is 9.84 Å². The second kappa shape index (κ2) is 17.3. The van der Waals surface area contributed by atoms with Gasteiger partial charge < -0.3 is 4.74 Å². The highest BCUT2D eigenvalue weighted by Crippen LogP contribution is 2.11. The van der Waals surface area contributed by atoms with Gasteiger partial charge in [-0.25, -0.2) is 8.42 Å². The van der Waals surface area contributed by atoms with Crippen LogP contribution in [0, 0.1) is 0 Å². The van der Waals surface area contributed by atoms with E-state index in [-0.39, 0.29) is 12.1 Å². The van der Waals surface area contributed by atoms with Crippen LogP contribution in [0.4, 0.5) is 0 Å². The number of unbranched alkanes of at least 4 members (excludes halogenated alkanes) is 11. The summed E-state index contributed by atoms with van der Waals surface area (Å²) in [6.45, 7) is 3.77. The highest BCUT2D eigenvalue weighted by Gasteiger charge is 2.04. The molecule has 0 aromatic rings. The van der Waals surface area contributed by atoms with Gasteiger partial charge in [0.05, 0.1) is 6.10 Å². The number of carbonyl (C=O) groups is 1. The molecule has 0 aromatic carbocycles. The number of hydrogen-bond acceptors (Lipinski definition) is 4. The molecular weight excluding hydrogens is 360 g/mol. The van der Waals surface area contributed by atoms with Crippen LogP contribution in [0.15, 0.2) is 12.2 Å². The molecule has 0 radical (unpaired) electrons. The van der Waals surface area contributed by atoms with Crippen molar-refractivity contribution in [2.75, 3.05) is 12.0 Å². The number of allylic oxidation sites excluding steroid dienone is 2. The second-order valence-electron chi connectivity index (χ2n) is 7.86. The van der Waals surface area contributed by atoms with Crippen molar-refractivity contribution in [1.82, 2.24) is 0 Å². The lowest BCUT2D eigenvalue weighted by atomic mass is 10.1. The summed E-state index contributed by atoms with van der Waals surface area (Å²) in [5.74, 6) is 0.266. The Balaban J connectivity index is 3.24. The standard InChI is InChI=1S/C22H42O4S/c1-21(2)26-22(23)19-17-15-13-11-9-7-5-4-6-8-10-12-14-16-18-20-27(3,24)25/h4-5,21H,6-20H2,1-3H3. The monoisotopic (exact) mass is 402 g/mol. The molecular formula is C22H42O4S. The van der Waals surface area contributed by atoms with E-state index in [9.17, 15) is 13.2 Å². The minimum absolute atomic E-state index is 0.00350. The lowest BCUT2D eigenvalue weighted by Crippen LogP contribution is -2.10. The fourth-order valence-electron chi connectivity index (χ4n) is 2.95. The normalized spacial score (nSPS) is 12.1. The van der Waals surface area contributed by atoms with Crippen LogP contribution in [0.3, 0.4) is 0 Å². The summed E-state index contributed by atoms with van der Waals surface area (Å²) in [6, 6.07) is 0. The summed E-state index contributed by atoms with van der Waals surface area (Å²) >= 11 is 0. The molecule has 0 bridgehead atoms. The maximum absolute atomic E-state index is 11.4. The molecule has 27 heavy (non-hydrogen) atoms. The Morgan fingerprint density at radius 1 is 0.778 bits per heavy atom. The third kappa shape index (κ3) is 23.1. The van der Waals surface area contributed by atoms with Gasteiger partial charge in [-0.3, -0.25) is 4.79 Å². The molecule has 0 aromatic heterocycles. The number of carbonyl (C=O) groups excluding carboxylic acids is 1. The first-order valence-electron chi connectivity index (χ1n) is 10.8. The van der Waals surface area contributed by atoms with E-state index in [1.165, 1.54) is 44.8 Å². The Bertz CT molecular complexity index is 481. The van der Waals surface area contributed by atoms with Gasteiger partial charge in [-0.2, -0.15) is 0 Å². The molecule has 0 amide bonds. The predicted octanol–water partition coefficient (Wildman–Crippen LogP) is 6.00. The topological polar surface area (TPSA) is 60.4 Å². The molecule has 0 N–H and O–H groups in total. The molecule has 0 aliphatic rings. The van der Waals surface area contributed by atoms with E-state index in [0.29, 0.717) is 12.2 Å². The highest BCUT2D eigenvalue weighted by atomic mass is 32.2. The molecule has 0 atom stereocenters. The zero-order valence-electron chi connectivity index (χ0n) is 17.9. The first-order chi connectivity index (χ1) is 12.8. The van der Waals surface area contributed by atoms with Crippen LogP contribution in [0.5, 0.6) is 0 Å². The van der Waals surface area contributed by atoms with Gasteiger partial charge in [0.2, 0.25) is 0 Å². The molecule has 0 heterocycles. The zero-order valence-corrected chi connectivity index (χ0v) is 18.7. The SMILES string of the molecule is CC(C)OC(=O)CCCCCCCC=CCCCCCCCCS(C)(=O)=O. The average molecular weight is 403 g/mol. The molecule has 160 valence electrons. The largest absolute Gasteiger partial charge is 0.463 e. The summed E-state index contributed by atoms with van der Waals surface area (Å²) in [5, 5.41) is 0. The van der Waals surface area contributed by atoms with Gasteiger partial charge in [-0.05, 0) is 52.4 Å². The van der Waals surface area contributed by atoms with Crippen molar-refractivity contribution in [2.24, 2.45) is 0 Å². The van der Waals surface area contributed by atoms with Gasteiger partial charge in [0.25, 0.3) is 0 Å². The van der Waals surface area contributed by atoms with Gasteiger partial charge in [0.15, 0.2) is 0 Å². The summed E-state index contributed by atoms with van der Waals surface area (Å²) < 4.78 is 27.1. The molecule has 0 rings (SSSR count). The fraction of sp³-hybridized carbons (Fsp3) is 0.864. The van der Waals surface area contributed by atoms with E-state index in [4.69, 9.17) is 4.74 Å². The summed E-state index contributed by atoms with van der Waals surface area (Å²) in [7, 11) is -2.78. The van der Waals surface area contributed by atoms with Crippen molar-refractivity contribution < 1.29 is 17.9 Å². The van der Waals surface area contributed by atoms with Crippen LogP contribution in [0.2, 0.25) is 0 Å². The lowest BCUT2D eigenvalue weighted by molar-refractivity contribution is -0.147. The number of esters is 1. The average Bonchev–Trinajstić information content (AvgIpc) is 2.56. The number of sulfone groups is 1. The summed E-state index contributed by atoms with van der Waals surface area (Å²) in [4.78, 5) is 11.4. The van der Waals surface area contributed by atoms with Gasteiger partial charge >= 0.3 is 5.97 Å². The molecule has 0 spiro atoms. The number of rotatable bonds is 18. The van der Waals surface area contributed by atoms with E-state index in [1.807, 2.05) is 13.8 Å². The number of hydrogen-bond donors (Lipinski definition) is 0.